The van der Waals surface area contributed by atoms with Crippen LogP contribution >= 0.6 is 0 Å². The van der Waals surface area contributed by atoms with Crippen LogP contribution in [-0.4, -0.2) is 56.4 Å². The van der Waals surface area contributed by atoms with Gasteiger partial charge in [0.1, 0.15) is 5.82 Å². The van der Waals surface area contributed by atoms with Gasteiger partial charge >= 0.3 is 0 Å². The van der Waals surface area contributed by atoms with Crippen LogP contribution in [0.5, 0.6) is 0 Å². The van der Waals surface area contributed by atoms with E-state index in [-0.39, 0.29) is 17.5 Å². The third-order valence-corrected chi connectivity index (χ3v) is 4.14. The quantitative estimate of drug-likeness (QED) is 0.640. The number of carbonyl (C=O) groups excluding carboxylic acids is 2. The SMILES string of the molecule is CNCCCC(=O)N1CCN(c2ccc(C(C)=O)cc2F)CC1. The second kappa shape index (κ2) is 8.06. The fourth-order valence-corrected chi connectivity index (χ4v) is 2.75. The number of Topliss-reactive ketones (excluding diaryl/α,β-unsaturated/α-hetero) is 1. The van der Waals surface area contributed by atoms with Crippen molar-refractivity contribution in [2.45, 2.75) is 19.8 Å². The number of carbonyl (C=O) groups is 2. The lowest BCUT2D eigenvalue weighted by atomic mass is 10.1. The van der Waals surface area contributed by atoms with Gasteiger partial charge in [-0.2, -0.15) is 0 Å². The maximum absolute atomic E-state index is 14.2. The van der Waals surface area contributed by atoms with Crippen molar-refractivity contribution in [2.24, 2.45) is 0 Å². The number of hydrogen-bond donors (Lipinski definition) is 1. The third kappa shape index (κ3) is 4.51. The fraction of sp³-hybridized carbons (Fsp3) is 0.529. The van der Waals surface area contributed by atoms with Crippen molar-refractivity contribution >= 4 is 17.4 Å². The normalized spacial score (nSPS) is 14.9. The standard InChI is InChI=1S/C17H24FN3O2/c1-13(22)14-5-6-16(15(18)12-14)20-8-10-21(11-9-20)17(23)4-3-7-19-2/h5-6,12,19H,3-4,7-11H2,1-2H3. The molecule has 23 heavy (non-hydrogen) atoms. The molecule has 0 unspecified atom stereocenters. The molecule has 0 saturated carbocycles. The van der Waals surface area contributed by atoms with Gasteiger partial charge in [-0.3, -0.25) is 9.59 Å². The van der Waals surface area contributed by atoms with Crippen LogP contribution in [0.4, 0.5) is 10.1 Å². The Hall–Kier alpha value is -1.95. The number of anilines is 1. The van der Waals surface area contributed by atoms with E-state index in [1.807, 2.05) is 16.8 Å². The molecule has 1 aliphatic rings. The van der Waals surface area contributed by atoms with E-state index < -0.39 is 0 Å². The van der Waals surface area contributed by atoms with Crippen LogP contribution in [0.1, 0.15) is 30.1 Å². The summed E-state index contributed by atoms with van der Waals surface area (Å²) < 4.78 is 14.2. The van der Waals surface area contributed by atoms with Crippen molar-refractivity contribution in [1.82, 2.24) is 10.2 Å². The summed E-state index contributed by atoms with van der Waals surface area (Å²) in [4.78, 5) is 27.1. The molecule has 1 aliphatic heterocycles. The van der Waals surface area contributed by atoms with E-state index in [1.165, 1.54) is 13.0 Å². The van der Waals surface area contributed by atoms with Gasteiger partial charge in [-0.1, -0.05) is 0 Å². The molecule has 5 nitrogen and oxygen atoms in total. The summed E-state index contributed by atoms with van der Waals surface area (Å²) in [6.07, 6.45) is 1.37. The number of benzene rings is 1. The zero-order valence-corrected chi connectivity index (χ0v) is 13.8. The van der Waals surface area contributed by atoms with E-state index >= 15 is 0 Å². The van der Waals surface area contributed by atoms with Gasteiger partial charge in [-0.25, -0.2) is 4.39 Å². The van der Waals surface area contributed by atoms with E-state index in [0.29, 0.717) is 43.9 Å². The maximum Gasteiger partial charge on any atom is 0.222 e. The summed E-state index contributed by atoms with van der Waals surface area (Å²) in [5, 5.41) is 3.03. The predicted molar refractivity (Wildman–Crippen MR) is 88.4 cm³/mol. The molecule has 1 N–H and O–H groups in total. The van der Waals surface area contributed by atoms with E-state index in [4.69, 9.17) is 0 Å². The average Bonchev–Trinajstić information content (AvgIpc) is 2.55. The number of piperazine rings is 1. The summed E-state index contributed by atoms with van der Waals surface area (Å²) in [6.45, 7) is 4.67. The van der Waals surface area contributed by atoms with Crippen molar-refractivity contribution in [2.75, 3.05) is 44.7 Å². The molecule has 0 radical (unpaired) electrons. The number of hydrogen-bond acceptors (Lipinski definition) is 4. The van der Waals surface area contributed by atoms with Gasteiger partial charge < -0.3 is 15.1 Å². The second-order valence-electron chi connectivity index (χ2n) is 5.80. The first-order chi connectivity index (χ1) is 11.0. The van der Waals surface area contributed by atoms with Crippen LogP contribution in [0.2, 0.25) is 0 Å². The summed E-state index contributed by atoms with van der Waals surface area (Å²) >= 11 is 0. The minimum absolute atomic E-state index is 0.146. The van der Waals surface area contributed by atoms with Gasteiger partial charge in [0.25, 0.3) is 0 Å². The Morgan fingerprint density at radius 3 is 2.48 bits per heavy atom. The predicted octanol–water partition coefficient (Wildman–Crippen LogP) is 1.68. The molecule has 1 aromatic rings. The zero-order chi connectivity index (χ0) is 16.8. The maximum atomic E-state index is 14.2. The first-order valence-electron chi connectivity index (χ1n) is 8.00. The van der Waals surface area contributed by atoms with Crippen molar-refractivity contribution in [3.63, 3.8) is 0 Å². The number of ketones is 1. The van der Waals surface area contributed by atoms with Crippen molar-refractivity contribution in [1.29, 1.82) is 0 Å². The van der Waals surface area contributed by atoms with Crippen LogP contribution in [0.3, 0.4) is 0 Å². The van der Waals surface area contributed by atoms with Gasteiger partial charge in [-0.15, -0.1) is 0 Å². The topological polar surface area (TPSA) is 52.7 Å². The smallest absolute Gasteiger partial charge is 0.222 e. The Morgan fingerprint density at radius 1 is 1.22 bits per heavy atom. The molecule has 0 atom stereocenters. The largest absolute Gasteiger partial charge is 0.366 e. The van der Waals surface area contributed by atoms with Crippen LogP contribution < -0.4 is 10.2 Å². The molecule has 1 amide bonds. The molecule has 126 valence electrons. The fourth-order valence-electron chi connectivity index (χ4n) is 2.75. The molecule has 6 heteroatoms. The lowest BCUT2D eigenvalue weighted by Crippen LogP contribution is -2.49. The Kier molecular flexibility index (Phi) is 6.10. The summed E-state index contributed by atoms with van der Waals surface area (Å²) in [5.74, 6) is -0.369. The van der Waals surface area contributed by atoms with E-state index in [2.05, 4.69) is 5.32 Å². The third-order valence-electron chi connectivity index (χ3n) is 4.14. The molecule has 1 heterocycles. The number of nitrogens with one attached hydrogen (secondary N) is 1. The summed E-state index contributed by atoms with van der Waals surface area (Å²) in [5.41, 5.74) is 0.877. The van der Waals surface area contributed by atoms with Crippen molar-refractivity contribution in [3.8, 4) is 0 Å². The highest BCUT2D eigenvalue weighted by atomic mass is 19.1. The number of halogens is 1. The molecule has 0 spiro atoms. The molecule has 2 rings (SSSR count). The molecule has 1 saturated heterocycles. The van der Waals surface area contributed by atoms with E-state index in [0.717, 1.165) is 13.0 Å². The number of nitrogens with zero attached hydrogens (tertiary/aromatic N) is 2. The summed E-state index contributed by atoms with van der Waals surface area (Å²) in [6, 6.07) is 4.58. The highest BCUT2D eigenvalue weighted by Crippen LogP contribution is 2.22. The molecule has 0 bridgehead atoms. The Balaban J connectivity index is 1.91. The monoisotopic (exact) mass is 321 g/mol. The summed E-state index contributed by atoms with van der Waals surface area (Å²) in [7, 11) is 1.87. The van der Waals surface area contributed by atoms with Crippen molar-refractivity contribution < 1.29 is 14.0 Å². The number of amides is 1. The van der Waals surface area contributed by atoms with Crippen LogP contribution in [0, 0.1) is 5.82 Å². The highest BCUT2D eigenvalue weighted by molar-refractivity contribution is 5.94. The van der Waals surface area contributed by atoms with Crippen molar-refractivity contribution in [3.05, 3.63) is 29.6 Å². The molecule has 1 aromatic carbocycles. The van der Waals surface area contributed by atoms with E-state index in [9.17, 15) is 14.0 Å². The Morgan fingerprint density at radius 2 is 1.91 bits per heavy atom. The van der Waals surface area contributed by atoms with Crippen LogP contribution in [0.25, 0.3) is 0 Å². The molecular weight excluding hydrogens is 297 g/mol. The van der Waals surface area contributed by atoms with E-state index in [1.54, 1.807) is 12.1 Å². The van der Waals surface area contributed by atoms with Gasteiger partial charge in [0.05, 0.1) is 5.69 Å². The van der Waals surface area contributed by atoms with Crippen LogP contribution in [-0.2, 0) is 4.79 Å². The van der Waals surface area contributed by atoms with Gasteiger partial charge in [0, 0.05) is 38.2 Å². The molecule has 0 aliphatic carbocycles. The molecular formula is C17H24FN3O2. The first-order valence-corrected chi connectivity index (χ1v) is 8.00. The second-order valence-corrected chi connectivity index (χ2v) is 5.80. The van der Waals surface area contributed by atoms with Gasteiger partial charge in [-0.05, 0) is 45.1 Å². The number of rotatable bonds is 6. The molecule has 1 fully saturated rings. The average molecular weight is 321 g/mol. The van der Waals surface area contributed by atoms with Gasteiger partial charge in [0.2, 0.25) is 5.91 Å². The van der Waals surface area contributed by atoms with Gasteiger partial charge in [0.15, 0.2) is 5.78 Å². The molecule has 0 aromatic heterocycles. The van der Waals surface area contributed by atoms with Crippen LogP contribution in [0.15, 0.2) is 18.2 Å². The zero-order valence-electron chi connectivity index (χ0n) is 13.8. The lowest BCUT2D eigenvalue weighted by molar-refractivity contribution is -0.131. The Labute approximate surface area is 136 Å². The minimum atomic E-state index is -0.383. The lowest BCUT2D eigenvalue weighted by Gasteiger charge is -2.36. The minimum Gasteiger partial charge on any atom is -0.366 e. The highest BCUT2D eigenvalue weighted by Gasteiger charge is 2.22. The first kappa shape index (κ1) is 17.4. The Bertz CT molecular complexity index is 569.